The first-order valence-electron chi connectivity index (χ1n) is 4.31. The molecule has 0 radical (unpaired) electrons. The molecule has 0 aliphatic carbocycles. The Morgan fingerprint density at radius 2 is 2.20 bits per heavy atom. The van der Waals surface area contributed by atoms with Crippen LogP contribution >= 0.6 is 0 Å². The third-order valence-corrected chi connectivity index (χ3v) is 1.92. The second kappa shape index (κ2) is 3.49. The van der Waals surface area contributed by atoms with Crippen LogP contribution in [-0.2, 0) is 0 Å². The lowest BCUT2D eigenvalue weighted by atomic mass is 10.4. The fourth-order valence-corrected chi connectivity index (χ4v) is 1.32. The highest BCUT2D eigenvalue weighted by Gasteiger charge is 2.06. The zero-order chi connectivity index (χ0) is 10.8. The molecule has 0 unspecified atom stereocenters. The van der Waals surface area contributed by atoms with Gasteiger partial charge in [0.1, 0.15) is 0 Å². The summed E-state index contributed by atoms with van der Waals surface area (Å²) in [6, 6.07) is 1.39. The van der Waals surface area contributed by atoms with Gasteiger partial charge in [0, 0.05) is 24.2 Å². The van der Waals surface area contributed by atoms with Gasteiger partial charge in [-0.05, 0) is 6.92 Å². The molecule has 2 aromatic heterocycles. The summed E-state index contributed by atoms with van der Waals surface area (Å²) >= 11 is 0. The van der Waals surface area contributed by atoms with E-state index in [0.717, 1.165) is 0 Å². The highest BCUT2D eigenvalue weighted by atomic mass is 16.1. The number of hydrogen-bond acceptors (Lipinski definition) is 5. The third-order valence-electron chi connectivity index (χ3n) is 1.92. The smallest absolute Gasteiger partial charge is 0.274 e. The van der Waals surface area contributed by atoms with Gasteiger partial charge < -0.3 is 5.73 Å². The summed E-state index contributed by atoms with van der Waals surface area (Å²) in [5, 5.41) is 0. The van der Waals surface area contributed by atoms with Crippen LogP contribution in [0.15, 0.2) is 29.5 Å². The summed E-state index contributed by atoms with van der Waals surface area (Å²) in [6.45, 7) is 1.76. The largest absolute Gasteiger partial charge is 0.369 e. The molecule has 0 saturated heterocycles. The number of nitrogen functional groups attached to an aromatic ring is 1. The molecule has 0 spiro atoms. The van der Waals surface area contributed by atoms with Crippen LogP contribution in [-0.4, -0.2) is 19.5 Å². The van der Waals surface area contributed by atoms with Gasteiger partial charge in [-0.3, -0.25) is 14.3 Å². The van der Waals surface area contributed by atoms with Gasteiger partial charge in [0.15, 0.2) is 5.82 Å². The summed E-state index contributed by atoms with van der Waals surface area (Å²) in [4.78, 5) is 22.7. The molecule has 15 heavy (non-hydrogen) atoms. The molecule has 2 N–H and O–H groups in total. The summed E-state index contributed by atoms with van der Waals surface area (Å²) in [5.41, 5.74) is 5.96. The standard InChI is InChI=1S/C9H9N5O/c1-6-4-8(15)13-9(10)14(6)7-5-11-2-3-12-7/h2-5H,1H3,(H2,10,13,15). The van der Waals surface area contributed by atoms with Crippen LogP contribution in [0.25, 0.3) is 5.82 Å². The van der Waals surface area contributed by atoms with Crippen LogP contribution in [0.4, 0.5) is 5.95 Å². The van der Waals surface area contributed by atoms with Crippen molar-refractivity contribution in [2.24, 2.45) is 0 Å². The molecule has 0 atom stereocenters. The van der Waals surface area contributed by atoms with Gasteiger partial charge in [0.2, 0.25) is 5.95 Å². The molecule has 6 nitrogen and oxygen atoms in total. The van der Waals surface area contributed by atoms with Crippen molar-refractivity contribution in [3.05, 3.63) is 40.7 Å². The normalized spacial score (nSPS) is 10.2. The van der Waals surface area contributed by atoms with Gasteiger partial charge >= 0.3 is 0 Å². The van der Waals surface area contributed by atoms with Gasteiger partial charge in [-0.25, -0.2) is 4.98 Å². The molecule has 0 fully saturated rings. The number of hydrogen-bond donors (Lipinski definition) is 1. The first-order chi connectivity index (χ1) is 7.18. The van der Waals surface area contributed by atoms with E-state index in [9.17, 15) is 4.79 Å². The Kier molecular flexibility index (Phi) is 2.17. The van der Waals surface area contributed by atoms with Gasteiger partial charge in [-0.1, -0.05) is 0 Å². The van der Waals surface area contributed by atoms with E-state index in [-0.39, 0.29) is 11.5 Å². The molecule has 2 rings (SSSR count). The molecule has 0 saturated carbocycles. The zero-order valence-corrected chi connectivity index (χ0v) is 8.08. The van der Waals surface area contributed by atoms with Gasteiger partial charge in [0.25, 0.3) is 5.56 Å². The second-order valence-corrected chi connectivity index (χ2v) is 2.99. The molecule has 6 heteroatoms. The lowest BCUT2D eigenvalue weighted by molar-refractivity contribution is 0.889. The number of aryl methyl sites for hydroxylation is 1. The maximum atomic E-state index is 11.1. The zero-order valence-electron chi connectivity index (χ0n) is 8.08. The Labute approximate surface area is 85.4 Å². The fraction of sp³-hybridized carbons (Fsp3) is 0.111. The fourth-order valence-electron chi connectivity index (χ4n) is 1.32. The van der Waals surface area contributed by atoms with Crippen LogP contribution in [0.5, 0.6) is 0 Å². The number of nitrogens with zero attached hydrogens (tertiary/aromatic N) is 4. The van der Waals surface area contributed by atoms with E-state index >= 15 is 0 Å². The summed E-state index contributed by atoms with van der Waals surface area (Å²) in [6.07, 6.45) is 4.66. The summed E-state index contributed by atoms with van der Waals surface area (Å²) in [5.74, 6) is 0.653. The molecule has 76 valence electrons. The first-order valence-corrected chi connectivity index (χ1v) is 4.31. The Balaban J connectivity index is 2.69. The van der Waals surface area contributed by atoms with E-state index < -0.39 is 0 Å². The molecule has 0 amide bonds. The summed E-state index contributed by atoms with van der Waals surface area (Å²) < 4.78 is 1.56. The number of rotatable bonds is 1. The van der Waals surface area contributed by atoms with Crippen molar-refractivity contribution in [2.75, 3.05) is 5.73 Å². The Bertz CT molecular complexity index is 508. The quantitative estimate of drug-likeness (QED) is 0.700. The molecule has 0 aliphatic heterocycles. The monoisotopic (exact) mass is 203 g/mol. The van der Waals surface area contributed by atoms with E-state index in [4.69, 9.17) is 5.73 Å². The van der Waals surface area contributed by atoms with Gasteiger partial charge in [-0.15, -0.1) is 0 Å². The van der Waals surface area contributed by atoms with Crippen LogP contribution in [0.1, 0.15) is 5.69 Å². The highest BCUT2D eigenvalue weighted by molar-refractivity contribution is 5.33. The Hall–Kier alpha value is -2.24. The lowest BCUT2D eigenvalue weighted by Gasteiger charge is -2.10. The van der Waals surface area contributed by atoms with Crippen LogP contribution in [0.3, 0.4) is 0 Å². The van der Waals surface area contributed by atoms with Crippen molar-refractivity contribution in [1.29, 1.82) is 0 Å². The van der Waals surface area contributed by atoms with Gasteiger partial charge in [-0.2, -0.15) is 4.98 Å². The van der Waals surface area contributed by atoms with Crippen molar-refractivity contribution in [3.63, 3.8) is 0 Å². The van der Waals surface area contributed by atoms with E-state index in [1.807, 2.05) is 0 Å². The maximum absolute atomic E-state index is 11.1. The average molecular weight is 203 g/mol. The number of nitrogens with two attached hydrogens (primary N) is 1. The van der Waals surface area contributed by atoms with Crippen molar-refractivity contribution in [3.8, 4) is 5.82 Å². The molecule has 2 aromatic rings. The van der Waals surface area contributed by atoms with Crippen LogP contribution < -0.4 is 11.3 Å². The topological polar surface area (TPSA) is 86.7 Å². The predicted octanol–water partition coefficient (Wildman–Crippen LogP) is -0.0869. The number of anilines is 1. The van der Waals surface area contributed by atoms with Gasteiger partial charge in [0.05, 0.1) is 6.20 Å². The van der Waals surface area contributed by atoms with E-state index in [0.29, 0.717) is 11.5 Å². The van der Waals surface area contributed by atoms with Crippen molar-refractivity contribution >= 4 is 5.95 Å². The Morgan fingerprint density at radius 1 is 1.40 bits per heavy atom. The van der Waals surface area contributed by atoms with E-state index in [1.165, 1.54) is 6.07 Å². The molecule has 0 aromatic carbocycles. The molecular formula is C9H9N5O. The highest BCUT2D eigenvalue weighted by Crippen LogP contribution is 2.08. The molecule has 0 bridgehead atoms. The minimum Gasteiger partial charge on any atom is -0.369 e. The SMILES string of the molecule is Cc1cc(=O)nc(N)n1-c1cnccn1. The molecular weight excluding hydrogens is 194 g/mol. The molecule has 0 aliphatic rings. The van der Waals surface area contributed by atoms with E-state index in [1.54, 1.807) is 30.1 Å². The van der Waals surface area contributed by atoms with Crippen LogP contribution in [0.2, 0.25) is 0 Å². The average Bonchev–Trinajstić information content (AvgIpc) is 2.17. The van der Waals surface area contributed by atoms with Crippen molar-refractivity contribution in [2.45, 2.75) is 6.92 Å². The Morgan fingerprint density at radius 3 is 2.80 bits per heavy atom. The number of aromatic nitrogens is 4. The molecule has 2 heterocycles. The van der Waals surface area contributed by atoms with Crippen molar-refractivity contribution in [1.82, 2.24) is 19.5 Å². The van der Waals surface area contributed by atoms with Crippen molar-refractivity contribution < 1.29 is 0 Å². The minimum atomic E-state index is -0.356. The summed E-state index contributed by atoms with van der Waals surface area (Å²) in [7, 11) is 0. The third kappa shape index (κ3) is 1.69. The lowest BCUT2D eigenvalue weighted by Crippen LogP contribution is -2.18. The van der Waals surface area contributed by atoms with E-state index in [2.05, 4.69) is 15.0 Å². The maximum Gasteiger partial charge on any atom is 0.274 e. The minimum absolute atomic E-state index is 0.112. The van der Waals surface area contributed by atoms with Crippen LogP contribution in [0, 0.1) is 6.92 Å². The predicted molar refractivity (Wildman–Crippen MR) is 54.6 cm³/mol. The first kappa shape index (κ1) is 9.32. The second-order valence-electron chi connectivity index (χ2n) is 2.99.